The van der Waals surface area contributed by atoms with E-state index < -0.39 is 0 Å². The standard InChI is InChI=1S/C33H38N4O2/c1-23-18-31(25(3)35(23)20-26-10-6-4-7-11-26)33(38)37(28-14-15-28)29-16-17-32-30(19-29)24(2)34-36(32)22-39-21-27-12-8-5-9-13-27/h4-13,18,28-29H,14-17,19-22H2,1-3H3. The molecule has 202 valence electrons. The molecule has 2 aromatic carbocycles. The van der Waals surface area contributed by atoms with Gasteiger partial charge in [-0.25, -0.2) is 4.68 Å². The summed E-state index contributed by atoms with van der Waals surface area (Å²) in [5.41, 5.74) is 9.07. The number of hydrogen-bond acceptors (Lipinski definition) is 3. The Kier molecular flexibility index (Phi) is 7.13. The zero-order valence-electron chi connectivity index (χ0n) is 23.3. The molecule has 0 radical (unpaired) electrons. The van der Waals surface area contributed by atoms with Gasteiger partial charge in [-0.1, -0.05) is 60.7 Å². The van der Waals surface area contributed by atoms with Crippen molar-refractivity contribution in [2.45, 2.75) is 84.8 Å². The Hall–Kier alpha value is -3.64. The summed E-state index contributed by atoms with van der Waals surface area (Å²) < 4.78 is 10.3. The van der Waals surface area contributed by atoms with Crippen molar-refractivity contribution in [1.82, 2.24) is 19.2 Å². The normalized spacial score (nSPS) is 16.7. The van der Waals surface area contributed by atoms with E-state index in [1.807, 2.05) is 28.9 Å². The molecule has 6 heteroatoms. The van der Waals surface area contributed by atoms with Crippen LogP contribution in [0.15, 0.2) is 66.7 Å². The van der Waals surface area contributed by atoms with Crippen molar-refractivity contribution < 1.29 is 9.53 Å². The second kappa shape index (κ2) is 10.9. The summed E-state index contributed by atoms with van der Waals surface area (Å²) in [5.74, 6) is 0.189. The maximum Gasteiger partial charge on any atom is 0.256 e. The molecule has 2 aliphatic rings. The van der Waals surface area contributed by atoms with Crippen LogP contribution in [0, 0.1) is 20.8 Å². The Bertz CT molecular complexity index is 1450. The Balaban J connectivity index is 1.18. The lowest BCUT2D eigenvalue weighted by Gasteiger charge is -2.35. The highest BCUT2D eigenvalue weighted by molar-refractivity contribution is 5.96. The Morgan fingerprint density at radius 1 is 0.949 bits per heavy atom. The van der Waals surface area contributed by atoms with Crippen molar-refractivity contribution in [3.05, 3.63) is 112 Å². The topological polar surface area (TPSA) is 52.3 Å². The Labute approximate surface area is 231 Å². The molecule has 4 aromatic rings. The van der Waals surface area contributed by atoms with Gasteiger partial charge >= 0.3 is 0 Å². The summed E-state index contributed by atoms with van der Waals surface area (Å²) in [5, 5.41) is 4.83. The molecule has 0 saturated heterocycles. The molecule has 0 aliphatic heterocycles. The maximum absolute atomic E-state index is 14.1. The van der Waals surface area contributed by atoms with Gasteiger partial charge in [-0.3, -0.25) is 4.79 Å². The van der Waals surface area contributed by atoms with Crippen molar-refractivity contribution in [2.24, 2.45) is 0 Å². The molecule has 39 heavy (non-hydrogen) atoms. The zero-order valence-corrected chi connectivity index (χ0v) is 23.3. The van der Waals surface area contributed by atoms with Gasteiger partial charge in [0.25, 0.3) is 5.91 Å². The minimum absolute atomic E-state index is 0.189. The first-order chi connectivity index (χ1) is 19.0. The lowest BCUT2D eigenvalue weighted by molar-refractivity contribution is 0.0524. The highest BCUT2D eigenvalue weighted by Crippen LogP contribution is 2.36. The SMILES string of the molecule is Cc1nn(COCc2ccccc2)c2c1CC(N(C(=O)c1cc(C)n(Cc3ccccc3)c1C)C1CC1)CC2. The monoisotopic (exact) mass is 522 g/mol. The number of carbonyl (C=O) groups excluding carboxylic acids is 1. The summed E-state index contributed by atoms with van der Waals surface area (Å²) >= 11 is 0. The van der Waals surface area contributed by atoms with Crippen molar-refractivity contribution in [3.63, 3.8) is 0 Å². The molecule has 2 aromatic heterocycles. The number of amides is 1. The number of nitrogens with zero attached hydrogens (tertiary/aromatic N) is 4. The summed E-state index contributed by atoms with van der Waals surface area (Å²) in [6.45, 7) is 8.11. The van der Waals surface area contributed by atoms with E-state index in [-0.39, 0.29) is 11.9 Å². The van der Waals surface area contributed by atoms with Gasteiger partial charge in [-0.05, 0) is 75.6 Å². The predicted octanol–water partition coefficient (Wildman–Crippen LogP) is 5.99. The van der Waals surface area contributed by atoms with Crippen molar-refractivity contribution >= 4 is 5.91 Å². The first-order valence-corrected chi connectivity index (χ1v) is 14.2. The quantitative estimate of drug-likeness (QED) is 0.271. The van der Waals surface area contributed by atoms with Crippen molar-refractivity contribution in [2.75, 3.05) is 0 Å². The second-order valence-electron chi connectivity index (χ2n) is 11.2. The van der Waals surface area contributed by atoms with E-state index in [9.17, 15) is 4.79 Å². The molecule has 2 aliphatic carbocycles. The van der Waals surface area contributed by atoms with E-state index in [0.29, 0.717) is 19.4 Å². The second-order valence-corrected chi connectivity index (χ2v) is 11.2. The summed E-state index contributed by atoms with van der Waals surface area (Å²) in [6.07, 6.45) is 4.94. The molecule has 2 heterocycles. The summed E-state index contributed by atoms with van der Waals surface area (Å²) in [7, 11) is 0. The van der Waals surface area contributed by atoms with Crippen LogP contribution in [-0.2, 0) is 37.5 Å². The first kappa shape index (κ1) is 25.6. The van der Waals surface area contributed by atoms with Gasteiger partial charge in [0.05, 0.1) is 17.9 Å². The Morgan fingerprint density at radius 3 is 2.33 bits per heavy atom. The minimum atomic E-state index is 0.189. The van der Waals surface area contributed by atoms with Crippen LogP contribution in [-0.4, -0.2) is 37.2 Å². The average Bonchev–Trinajstić information content (AvgIpc) is 3.69. The summed E-state index contributed by atoms with van der Waals surface area (Å²) in [6, 6.07) is 23.4. The largest absolute Gasteiger partial charge is 0.355 e. The van der Waals surface area contributed by atoms with Gasteiger partial charge < -0.3 is 14.2 Å². The zero-order chi connectivity index (χ0) is 26.9. The number of fused-ring (bicyclic) bond motifs is 1. The first-order valence-electron chi connectivity index (χ1n) is 14.2. The van der Waals surface area contributed by atoms with E-state index in [1.165, 1.54) is 16.8 Å². The van der Waals surface area contributed by atoms with E-state index in [4.69, 9.17) is 9.84 Å². The van der Waals surface area contributed by atoms with Crippen LogP contribution < -0.4 is 0 Å². The molecule has 1 atom stereocenters. The lowest BCUT2D eigenvalue weighted by atomic mass is 9.90. The predicted molar refractivity (Wildman–Crippen MR) is 153 cm³/mol. The van der Waals surface area contributed by atoms with Crippen LogP contribution in [0.2, 0.25) is 0 Å². The molecule has 1 fully saturated rings. The fraction of sp³-hybridized carbons (Fsp3) is 0.394. The molecule has 1 unspecified atom stereocenters. The van der Waals surface area contributed by atoms with E-state index in [1.54, 1.807) is 0 Å². The fourth-order valence-corrected chi connectivity index (χ4v) is 6.17. The lowest BCUT2D eigenvalue weighted by Crippen LogP contribution is -2.45. The molecular weight excluding hydrogens is 484 g/mol. The van der Waals surface area contributed by atoms with Gasteiger partial charge in [-0.2, -0.15) is 5.10 Å². The van der Waals surface area contributed by atoms with E-state index in [2.05, 4.69) is 72.7 Å². The third-order valence-electron chi connectivity index (χ3n) is 8.40. The maximum atomic E-state index is 14.1. The third kappa shape index (κ3) is 5.30. The van der Waals surface area contributed by atoms with Gasteiger partial charge in [0.1, 0.15) is 6.73 Å². The van der Waals surface area contributed by atoms with E-state index in [0.717, 1.165) is 66.9 Å². The van der Waals surface area contributed by atoms with Crippen LogP contribution in [0.5, 0.6) is 0 Å². The molecule has 0 bridgehead atoms. The number of aromatic nitrogens is 3. The summed E-state index contributed by atoms with van der Waals surface area (Å²) in [4.78, 5) is 16.3. The average molecular weight is 523 g/mol. The molecule has 0 N–H and O–H groups in total. The van der Waals surface area contributed by atoms with Crippen LogP contribution in [0.1, 0.15) is 69.1 Å². The van der Waals surface area contributed by atoms with Crippen molar-refractivity contribution in [3.8, 4) is 0 Å². The number of hydrogen-bond donors (Lipinski definition) is 0. The minimum Gasteiger partial charge on any atom is -0.355 e. The number of benzene rings is 2. The van der Waals surface area contributed by atoms with Crippen molar-refractivity contribution in [1.29, 1.82) is 0 Å². The number of aryl methyl sites for hydroxylation is 2. The highest BCUT2D eigenvalue weighted by Gasteiger charge is 2.40. The third-order valence-corrected chi connectivity index (χ3v) is 8.40. The van der Waals surface area contributed by atoms with Gasteiger partial charge in [-0.15, -0.1) is 0 Å². The number of rotatable bonds is 9. The molecule has 1 amide bonds. The number of ether oxygens (including phenoxy) is 1. The van der Waals surface area contributed by atoms with Crippen LogP contribution in [0.3, 0.4) is 0 Å². The molecule has 1 saturated carbocycles. The molecule has 6 nitrogen and oxygen atoms in total. The van der Waals surface area contributed by atoms with Crippen LogP contribution in [0.25, 0.3) is 0 Å². The Morgan fingerprint density at radius 2 is 1.64 bits per heavy atom. The van der Waals surface area contributed by atoms with Crippen LogP contribution >= 0.6 is 0 Å². The van der Waals surface area contributed by atoms with Gasteiger partial charge in [0.2, 0.25) is 0 Å². The van der Waals surface area contributed by atoms with Crippen LogP contribution in [0.4, 0.5) is 0 Å². The highest BCUT2D eigenvalue weighted by atomic mass is 16.5. The van der Waals surface area contributed by atoms with Gasteiger partial charge in [0, 0.05) is 35.7 Å². The molecular formula is C33H38N4O2. The number of carbonyl (C=O) groups is 1. The molecule has 6 rings (SSSR count). The smallest absolute Gasteiger partial charge is 0.256 e. The van der Waals surface area contributed by atoms with Gasteiger partial charge in [0.15, 0.2) is 0 Å². The van der Waals surface area contributed by atoms with E-state index >= 15 is 0 Å². The molecule has 0 spiro atoms. The fourth-order valence-electron chi connectivity index (χ4n) is 6.17.